The SMILES string of the molecule is CCC(C)CS[C@@H]1CCC[C@H]1O. The molecule has 0 heterocycles. The van der Waals surface area contributed by atoms with Crippen LogP contribution in [0.2, 0.25) is 0 Å². The van der Waals surface area contributed by atoms with Crippen molar-refractivity contribution in [2.75, 3.05) is 5.75 Å². The van der Waals surface area contributed by atoms with Crippen molar-refractivity contribution in [3.8, 4) is 0 Å². The Kier molecular flexibility index (Phi) is 4.44. The van der Waals surface area contributed by atoms with Crippen LogP contribution in [0.1, 0.15) is 39.5 Å². The summed E-state index contributed by atoms with van der Waals surface area (Å²) in [6.45, 7) is 4.52. The highest BCUT2D eigenvalue weighted by Crippen LogP contribution is 2.31. The van der Waals surface area contributed by atoms with Gasteiger partial charge >= 0.3 is 0 Å². The summed E-state index contributed by atoms with van der Waals surface area (Å²) in [4.78, 5) is 0. The zero-order chi connectivity index (χ0) is 8.97. The van der Waals surface area contributed by atoms with Crippen LogP contribution in [0.5, 0.6) is 0 Å². The van der Waals surface area contributed by atoms with Gasteiger partial charge in [0.05, 0.1) is 6.10 Å². The van der Waals surface area contributed by atoms with Crippen LogP contribution in [0.4, 0.5) is 0 Å². The van der Waals surface area contributed by atoms with E-state index in [2.05, 4.69) is 13.8 Å². The maximum atomic E-state index is 9.55. The van der Waals surface area contributed by atoms with Crippen LogP contribution in [0.3, 0.4) is 0 Å². The third kappa shape index (κ3) is 2.98. The molecule has 1 nitrogen and oxygen atoms in total. The number of hydrogen-bond acceptors (Lipinski definition) is 2. The monoisotopic (exact) mass is 188 g/mol. The normalized spacial score (nSPS) is 32.2. The van der Waals surface area contributed by atoms with Gasteiger partial charge in [-0.25, -0.2) is 0 Å². The van der Waals surface area contributed by atoms with E-state index < -0.39 is 0 Å². The largest absolute Gasteiger partial charge is 0.392 e. The number of aliphatic hydroxyl groups excluding tert-OH is 1. The van der Waals surface area contributed by atoms with Crippen LogP contribution in [0, 0.1) is 5.92 Å². The second-order valence-corrected chi connectivity index (χ2v) is 5.16. The molecule has 0 saturated heterocycles. The van der Waals surface area contributed by atoms with E-state index in [1.165, 1.54) is 25.0 Å². The number of rotatable bonds is 4. The second-order valence-electron chi connectivity index (χ2n) is 3.88. The molecule has 1 fully saturated rings. The molecular weight excluding hydrogens is 168 g/mol. The molecule has 0 aromatic heterocycles. The highest BCUT2D eigenvalue weighted by atomic mass is 32.2. The van der Waals surface area contributed by atoms with Gasteiger partial charge in [0.15, 0.2) is 0 Å². The third-order valence-corrected chi connectivity index (χ3v) is 4.45. The number of thioether (sulfide) groups is 1. The molecular formula is C10H20OS. The summed E-state index contributed by atoms with van der Waals surface area (Å²) in [6, 6.07) is 0. The molecule has 0 aromatic carbocycles. The first kappa shape index (κ1) is 10.4. The molecule has 0 aromatic rings. The van der Waals surface area contributed by atoms with Crippen LogP contribution < -0.4 is 0 Å². The van der Waals surface area contributed by atoms with Crippen molar-refractivity contribution in [1.29, 1.82) is 0 Å². The third-order valence-electron chi connectivity index (χ3n) is 2.71. The van der Waals surface area contributed by atoms with Crippen molar-refractivity contribution in [1.82, 2.24) is 0 Å². The molecule has 1 rings (SSSR count). The van der Waals surface area contributed by atoms with Gasteiger partial charge in [-0.2, -0.15) is 11.8 Å². The maximum absolute atomic E-state index is 9.55. The Morgan fingerprint density at radius 1 is 1.50 bits per heavy atom. The van der Waals surface area contributed by atoms with E-state index in [9.17, 15) is 5.11 Å². The van der Waals surface area contributed by atoms with E-state index in [-0.39, 0.29) is 6.10 Å². The Labute approximate surface area is 79.9 Å². The lowest BCUT2D eigenvalue weighted by Crippen LogP contribution is -2.16. The van der Waals surface area contributed by atoms with Crippen LogP contribution >= 0.6 is 11.8 Å². The van der Waals surface area contributed by atoms with Crippen molar-refractivity contribution in [3.63, 3.8) is 0 Å². The van der Waals surface area contributed by atoms with Crippen LogP contribution in [0.25, 0.3) is 0 Å². The fraction of sp³-hybridized carbons (Fsp3) is 1.00. The average molecular weight is 188 g/mol. The summed E-state index contributed by atoms with van der Waals surface area (Å²) in [7, 11) is 0. The standard InChI is InChI=1S/C10H20OS/c1-3-8(2)7-12-10-6-4-5-9(10)11/h8-11H,3-7H2,1-2H3/t8?,9-,10-/m1/s1. The minimum Gasteiger partial charge on any atom is -0.392 e. The topological polar surface area (TPSA) is 20.2 Å². The quantitative estimate of drug-likeness (QED) is 0.732. The fourth-order valence-electron chi connectivity index (χ4n) is 1.51. The van der Waals surface area contributed by atoms with Gasteiger partial charge in [0.2, 0.25) is 0 Å². The van der Waals surface area contributed by atoms with Crippen molar-refractivity contribution >= 4 is 11.8 Å². The summed E-state index contributed by atoms with van der Waals surface area (Å²) < 4.78 is 0. The summed E-state index contributed by atoms with van der Waals surface area (Å²) >= 11 is 1.97. The zero-order valence-corrected chi connectivity index (χ0v) is 8.94. The Bertz CT molecular complexity index is 127. The van der Waals surface area contributed by atoms with Crippen LogP contribution in [0.15, 0.2) is 0 Å². The van der Waals surface area contributed by atoms with Gasteiger partial charge in [-0.15, -0.1) is 0 Å². The first-order valence-electron chi connectivity index (χ1n) is 5.03. The first-order valence-corrected chi connectivity index (χ1v) is 6.08. The molecule has 0 amide bonds. The Morgan fingerprint density at radius 2 is 2.25 bits per heavy atom. The van der Waals surface area contributed by atoms with E-state index in [0.29, 0.717) is 5.25 Å². The minimum absolute atomic E-state index is 0.0148. The fourth-order valence-corrected chi connectivity index (χ4v) is 3.01. The minimum atomic E-state index is -0.0148. The molecule has 1 saturated carbocycles. The molecule has 0 aliphatic heterocycles. The molecule has 0 spiro atoms. The molecule has 2 heteroatoms. The molecule has 0 radical (unpaired) electrons. The highest BCUT2D eigenvalue weighted by molar-refractivity contribution is 7.99. The second kappa shape index (κ2) is 5.13. The molecule has 12 heavy (non-hydrogen) atoms. The Morgan fingerprint density at radius 3 is 2.75 bits per heavy atom. The first-order chi connectivity index (χ1) is 5.74. The van der Waals surface area contributed by atoms with Crippen molar-refractivity contribution in [2.45, 2.75) is 50.9 Å². The van der Waals surface area contributed by atoms with E-state index in [0.717, 1.165) is 12.3 Å². The lowest BCUT2D eigenvalue weighted by atomic mass is 10.2. The van der Waals surface area contributed by atoms with Gasteiger partial charge in [0.1, 0.15) is 0 Å². The van der Waals surface area contributed by atoms with Gasteiger partial charge in [-0.1, -0.05) is 20.3 Å². The predicted molar refractivity (Wildman–Crippen MR) is 55.6 cm³/mol. The van der Waals surface area contributed by atoms with Crippen LogP contribution in [-0.4, -0.2) is 22.2 Å². The lowest BCUT2D eigenvalue weighted by molar-refractivity contribution is 0.188. The average Bonchev–Trinajstić information content (AvgIpc) is 2.47. The summed E-state index contributed by atoms with van der Waals surface area (Å²) in [6.07, 6.45) is 4.72. The Balaban J connectivity index is 2.13. The summed E-state index contributed by atoms with van der Waals surface area (Å²) in [5.41, 5.74) is 0. The van der Waals surface area contributed by atoms with E-state index in [4.69, 9.17) is 0 Å². The van der Waals surface area contributed by atoms with Gasteiger partial charge in [0.25, 0.3) is 0 Å². The predicted octanol–water partition coefficient (Wildman–Crippen LogP) is 2.68. The molecule has 72 valence electrons. The Hall–Kier alpha value is 0.310. The molecule has 1 N–H and O–H groups in total. The zero-order valence-electron chi connectivity index (χ0n) is 8.12. The van der Waals surface area contributed by atoms with E-state index >= 15 is 0 Å². The lowest BCUT2D eigenvalue weighted by Gasteiger charge is -2.16. The summed E-state index contributed by atoms with van der Waals surface area (Å²) in [5, 5.41) is 10.1. The maximum Gasteiger partial charge on any atom is 0.0658 e. The van der Waals surface area contributed by atoms with Crippen LogP contribution in [-0.2, 0) is 0 Å². The van der Waals surface area contributed by atoms with Crippen molar-refractivity contribution < 1.29 is 5.11 Å². The van der Waals surface area contributed by atoms with Gasteiger partial charge in [-0.05, 0) is 30.9 Å². The molecule has 1 unspecified atom stereocenters. The smallest absolute Gasteiger partial charge is 0.0658 e. The van der Waals surface area contributed by atoms with Gasteiger partial charge in [0, 0.05) is 5.25 Å². The molecule has 3 atom stereocenters. The van der Waals surface area contributed by atoms with Gasteiger partial charge in [-0.3, -0.25) is 0 Å². The number of hydrogen-bond donors (Lipinski definition) is 1. The molecule has 0 bridgehead atoms. The van der Waals surface area contributed by atoms with E-state index in [1.54, 1.807) is 0 Å². The number of aliphatic hydroxyl groups is 1. The van der Waals surface area contributed by atoms with Crippen molar-refractivity contribution in [3.05, 3.63) is 0 Å². The summed E-state index contributed by atoms with van der Waals surface area (Å²) in [5.74, 6) is 2.03. The van der Waals surface area contributed by atoms with Crippen molar-refractivity contribution in [2.24, 2.45) is 5.92 Å². The van der Waals surface area contributed by atoms with E-state index in [1.807, 2.05) is 11.8 Å². The van der Waals surface area contributed by atoms with Gasteiger partial charge < -0.3 is 5.11 Å². The molecule has 1 aliphatic carbocycles. The highest BCUT2D eigenvalue weighted by Gasteiger charge is 2.25. The molecule has 1 aliphatic rings.